The van der Waals surface area contributed by atoms with E-state index in [1.54, 1.807) is 14.2 Å². The summed E-state index contributed by atoms with van der Waals surface area (Å²) in [7, 11) is -1.21. The lowest BCUT2D eigenvalue weighted by Crippen LogP contribution is -2.51. The van der Waals surface area contributed by atoms with E-state index in [2.05, 4.69) is 77.3 Å². The fourth-order valence-electron chi connectivity index (χ4n) is 7.15. The summed E-state index contributed by atoms with van der Waals surface area (Å²) in [5, 5.41) is 9.23. The molecule has 5 atom stereocenters. The van der Waals surface area contributed by atoms with E-state index in [0.717, 1.165) is 16.7 Å². The fourth-order valence-corrected chi connectivity index (χ4v) is 10.2. The van der Waals surface area contributed by atoms with Gasteiger partial charge in [0.1, 0.15) is 35.4 Å². The Kier molecular flexibility index (Phi) is 15.7. The molecular weight excluding hydrogens is 800 g/mol. The summed E-state index contributed by atoms with van der Waals surface area (Å²) in [4.78, 5) is 28.4. The number of nitrogens with one attached hydrogen (secondary N) is 1. The van der Waals surface area contributed by atoms with E-state index in [0.29, 0.717) is 11.5 Å². The zero-order chi connectivity index (χ0) is 43.8. The highest BCUT2D eigenvalue weighted by Gasteiger charge is 2.54. The van der Waals surface area contributed by atoms with Crippen molar-refractivity contribution in [2.45, 2.75) is 115 Å². The molecule has 13 nitrogen and oxygen atoms in total. The van der Waals surface area contributed by atoms with Gasteiger partial charge in [0.05, 0.1) is 39.9 Å². The SMILES string of the molecule is COc1ccc(C(OCC2OC(n3ccc(=O)[nH]c3=O)C(OP(OCCC#N)N(C(C)C)C(C)C)C2O[Si](C)(C)C(C)(C)C)(c2ccccc2)c2ccc(OC)cc2)cc1. The Bertz CT molecular complexity index is 2080. The van der Waals surface area contributed by atoms with Crippen LogP contribution in [0.25, 0.3) is 0 Å². The minimum absolute atomic E-state index is 0.00542. The zero-order valence-corrected chi connectivity index (χ0v) is 38.6. The van der Waals surface area contributed by atoms with Gasteiger partial charge >= 0.3 is 5.69 Å². The second-order valence-electron chi connectivity index (χ2n) is 16.9. The molecule has 2 heterocycles. The van der Waals surface area contributed by atoms with Gasteiger partial charge in [-0.05, 0) is 86.8 Å². The number of aromatic nitrogens is 2. The first kappa shape index (κ1) is 46.9. The average molecular weight is 861 g/mol. The van der Waals surface area contributed by atoms with Crippen LogP contribution in [0.1, 0.15) is 77.8 Å². The van der Waals surface area contributed by atoms with Crippen molar-refractivity contribution in [3.63, 3.8) is 0 Å². The van der Waals surface area contributed by atoms with E-state index in [1.807, 2.05) is 78.9 Å². The van der Waals surface area contributed by atoms with Gasteiger partial charge < -0.3 is 32.4 Å². The van der Waals surface area contributed by atoms with Crippen molar-refractivity contribution < 1.29 is 32.4 Å². The van der Waals surface area contributed by atoms with Gasteiger partial charge in [0.25, 0.3) is 14.1 Å². The maximum Gasteiger partial charge on any atom is 0.330 e. The molecule has 0 bridgehead atoms. The molecule has 0 aliphatic carbocycles. The van der Waals surface area contributed by atoms with Crippen molar-refractivity contribution in [2.75, 3.05) is 27.4 Å². The van der Waals surface area contributed by atoms with E-state index < -0.39 is 58.2 Å². The van der Waals surface area contributed by atoms with Gasteiger partial charge in [-0.3, -0.25) is 14.3 Å². The first-order chi connectivity index (χ1) is 28.5. The van der Waals surface area contributed by atoms with Gasteiger partial charge in [0.15, 0.2) is 14.5 Å². The van der Waals surface area contributed by atoms with Gasteiger partial charge in [0, 0.05) is 24.3 Å². The number of ether oxygens (including phenoxy) is 4. The van der Waals surface area contributed by atoms with E-state index in [-0.39, 0.29) is 36.8 Å². The monoisotopic (exact) mass is 860 g/mol. The minimum Gasteiger partial charge on any atom is -0.497 e. The van der Waals surface area contributed by atoms with Gasteiger partial charge in [-0.2, -0.15) is 5.26 Å². The van der Waals surface area contributed by atoms with Crippen molar-refractivity contribution in [2.24, 2.45) is 0 Å². The van der Waals surface area contributed by atoms with Gasteiger partial charge in [0.2, 0.25) is 0 Å². The molecule has 0 radical (unpaired) electrons. The summed E-state index contributed by atoms with van der Waals surface area (Å²) in [5.41, 5.74) is 0.135. The molecule has 5 rings (SSSR count). The maximum absolute atomic E-state index is 13.7. The normalized spacial score (nSPS) is 19.1. The largest absolute Gasteiger partial charge is 0.497 e. The Hall–Kier alpha value is -4.16. The topological polar surface area (TPSA) is 146 Å². The molecule has 5 unspecified atom stereocenters. The average Bonchev–Trinajstić information content (AvgIpc) is 3.53. The van der Waals surface area contributed by atoms with Crippen molar-refractivity contribution in [3.05, 3.63) is 129 Å². The lowest BCUT2D eigenvalue weighted by Gasteiger charge is -2.42. The summed E-state index contributed by atoms with van der Waals surface area (Å²) < 4.78 is 49.9. The second kappa shape index (κ2) is 20.1. The second-order valence-corrected chi connectivity index (χ2v) is 23.0. The van der Waals surface area contributed by atoms with Crippen molar-refractivity contribution >= 4 is 16.8 Å². The van der Waals surface area contributed by atoms with Crippen LogP contribution in [0.2, 0.25) is 18.1 Å². The summed E-state index contributed by atoms with van der Waals surface area (Å²) >= 11 is 0. The first-order valence-electron chi connectivity index (χ1n) is 20.4. The van der Waals surface area contributed by atoms with Crippen LogP contribution in [0, 0.1) is 11.3 Å². The van der Waals surface area contributed by atoms with Crippen molar-refractivity contribution in [3.8, 4) is 17.6 Å². The quantitative estimate of drug-likeness (QED) is 0.0419. The van der Waals surface area contributed by atoms with Crippen molar-refractivity contribution in [1.29, 1.82) is 5.26 Å². The highest BCUT2D eigenvalue weighted by atomic mass is 31.2. The third-order valence-electron chi connectivity index (χ3n) is 11.2. The van der Waals surface area contributed by atoms with Gasteiger partial charge in [-0.1, -0.05) is 75.4 Å². The van der Waals surface area contributed by atoms with Crippen LogP contribution in [0.15, 0.2) is 101 Å². The molecule has 1 fully saturated rings. The molecule has 60 heavy (non-hydrogen) atoms. The molecule has 1 aliphatic rings. The van der Waals surface area contributed by atoms with Crippen LogP contribution < -0.4 is 20.7 Å². The number of hydrogen-bond acceptors (Lipinski definition) is 11. The molecular formula is C45H61N4O9PSi. The molecule has 3 aromatic carbocycles. The Morgan fingerprint density at radius 1 is 0.850 bits per heavy atom. The van der Waals surface area contributed by atoms with Crippen LogP contribution in [-0.2, 0) is 28.5 Å². The van der Waals surface area contributed by atoms with Crippen LogP contribution in [-0.4, -0.2) is 80.4 Å². The van der Waals surface area contributed by atoms with Crippen LogP contribution >= 0.6 is 8.53 Å². The number of hydrogen-bond donors (Lipinski definition) is 1. The smallest absolute Gasteiger partial charge is 0.330 e. The molecule has 0 saturated carbocycles. The molecule has 0 spiro atoms. The molecule has 1 N–H and O–H groups in total. The number of nitriles is 1. The molecule has 0 amide bonds. The van der Waals surface area contributed by atoms with E-state index in [4.69, 9.17) is 32.4 Å². The molecule has 4 aromatic rings. The number of nitrogens with zero attached hydrogens (tertiary/aromatic N) is 3. The number of rotatable bonds is 19. The lowest BCUT2D eigenvalue weighted by atomic mass is 9.80. The van der Waals surface area contributed by atoms with Crippen LogP contribution in [0.4, 0.5) is 0 Å². The summed E-state index contributed by atoms with van der Waals surface area (Å²) in [6, 6.07) is 29.0. The number of H-pyrrole nitrogens is 1. The molecule has 1 aromatic heterocycles. The van der Waals surface area contributed by atoms with Crippen LogP contribution in [0.3, 0.4) is 0 Å². The van der Waals surface area contributed by atoms with Gasteiger partial charge in [-0.15, -0.1) is 0 Å². The lowest BCUT2D eigenvalue weighted by molar-refractivity contribution is -0.0944. The number of benzene rings is 3. The minimum atomic E-state index is -2.63. The van der Waals surface area contributed by atoms with Crippen LogP contribution in [0.5, 0.6) is 11.5 Å². The number of aromatic amines is 1. The first-order valence-corrected chi connectivity index (χ1v) is 24.4. The highest BCUT2D eigenvalue weighted by molar-refractivity contribution is 7.44. The van der Waals surface area contributed by atoms with E-state index in [9.17, 15) is 14.9 Å². The third kappa shape index (κ3) is 10.5. The molecule has 15 heteroatoms. The predicted octanol–water partition coefficient (Wildman–Crippen LogP) is 8.51. The zero-order valence-electron chi connectivity index (χ0n) is 36.7. The Labute approximate surface area is 356 Å². The Morgan fingerprint density at radius 2 is 1.40 bits per heavy atom. The van der Waals surface area contributed by atoms with Crippen molar-refractivity contribution in [1.82, 2.24) is 14.2 Å². The number of methoxy groups -OCH3 is 2. The molecule has 1 aliphatic heterocycles. The fraction of sp³-hybridized carbons (Fsp3) is 0.489. The standard InChI is InChI=1S/C45H61N4O9PSi/c1-31(2)49(32(3)4)59(55-29-15-27-46)57-41-40(58-60(10,11)44(5,6)7)38(56-42(41)48-28-26-39(50)47-43(48)51)30-54-45(33-16-13-12-14-17-33,34-18-22-36(52-8)23-19-34)35-20-24-37(53-9)25-21-35/h12-14,16-26,28,31-32,38,40-42H,15,29-30H2,1-11H3,(H,47,50,51). The predicted molar refractivity (Wildman–Crippen MR) is 236 cm³/mol. The summed E-state index contributed by atoms with van der Waals surface area (Å²) in [5.74, 6) is 1.38. The van der Waals surface area contributed by atoms with E-state index >= 15 is 0 Å². The Balaban J connectivity index is 1.72. The summed E-state index contributed by atoms with van der Waals surface area (Å²) in [6.07, 6.45) is -2.03. The molecule has 1 saturated heterocycles. The molecule has 324 valence electrons. The van der Waals surface area contributed by atoms with E-state index in [1.165, 1.54) is 16.8 Å². The highest BCUT2D eigenvalue weighted by Crippen LogP contribution is 2.52. The maximum atomic E-state index is 13.7. The third-order valence-corrected chi connectivity index (χ3v) is 17.8. The summed E-state index contributed by atoms with van der Waals surface area (Å²) in [6.45, 7) is 19.1. The Morgan fingerprint density at radius 3 is 1.88 bits per heavy atom. The van der Waals surface area contributed by atoms with Gasteiger partial charge in [-0.25, -0.2) is 9.46 Å².